The number of thiophene rings is 1. The second kappa shape index (κ2) is 8.45. The van der Waals surface area contributed by atoms with E-state index in [2.05, 4.69) is 34.4 Å². The molecule has 7 heteroatoms. The second-order valence-electron chi connectivity index (χ2n) is 6.47. The molecule has 0 fully saturated rings. The predicted molar refractivity (Wildman–Crippen MR) is 109 cm³/mol. The van der Waals surface area contributed by atoms with E-state index < -0.39 is 0 Å². The third kappa shape index (κ3) is 4.43. The fraction of sp³-hybridized carbons (Fsp3) is 0.350. The fourth-order valence-electron chi connectivity index (χ4n) is 2.83. The Kier molecular flexibility index (Phi) is 6.03. The number of nitrogens with one attached hydrogen (secondary N) is 2. The third-order valence-electron chi connectivity index (χ3n) is 4.44. The van der Waals surface area contributed by atoms with Crippen LogP contribution in [0.1, 0.15) is 38.6 Å². The van der Waals surface area contributed by atoms with Gasteiger partial charge >= 0.3 is 0 Å². The van der Waals surface area contributed by atoms with Gasteiger partial charge in [0.15, 0.2) is 0 Å². The number of rotatable bonds is 7. The summed E-state index contributed by atoms with van der Waals surface area (Å²) >= 11 is 1.69. The molecule has 0 saturated heterocycles. The first kappa shape index (κ1) is 19.3. The molecule has 27 heavy (non-hydrogen) atoms. The highest BCUT2D eigenvalue weighted by atomic mass is 32.1. The molecule has 0 bridgehead atoms. The Morgan fingerprint density at radius 2 is 1.89 bits per heavy atom. The molecule has 6 nitrogen and oxygen atoms in total. The molecule has 0 aliphatic rings. The molecule has 0 spiro atoms. The maximum atomic E-state index is 12.0. The maximum absolute atomic E-state index is 12.0. The Bertz CT molecular complexity index is 951. The molecule has 2 aromatic heterocycles. The van der Waals surface area contributed by atoms with Crippen molar-refractivity contribution < 1.29 is 9.90 Å². The molecule has 0 unspecified atom stereocenters. The summed E-state index contributed by atoms with van der Waals surface area (Å²) in [7, 11) is 0. The van der Waals surface area contributed by atoms with Crippen LogP contribution in [0.5, 0.6) is 0 Å². The molecule has 3 aromatic rings. The predicted octanol–water partition coefficient (Wildman–Crippen LogP) is 3.34. The number of benzene rings is 1. The number of nitrogens with zero attached hydrogens (tertiary/aromatic N) is 2. The van der Waals surface area contributed by atoms with Crippen LogP contribution in [0.4, 0.5) is 5.82 Å². The number of fused-ring (bicyclic) bond motifs is 1. The van der Waals surface area contributed by atoms with Crippen LogP contribution in [0.2, 0.25) is 0 Å². The number of amides is 1. The van der Waals surface area contributed by atoms with E-state index in [-0.39, 0.29) is 12.5 Å². The molecular weight excluding hydrogens is 360 g/mol. The molecule has 1 amide bonds. The molecule has 0 radical (unpaired) electrons. The van der Waals surface area contributed by atoms with Crippen molar-refractivity contribution in [3.8, 4) is 0 Å². The molecule has 2 heterocycles. The zero-order chi connectivity index (χ0) is 19.4. The van der Waals surface area contributed by atoms with Gasteiger partial charge in [0.2, 0.25) is 0 Å². The van der Waals surface area contributed by atoms with E-state index in [9.17, 15) is 4.79 Å². The lowest BCUT2D eigenvalue weighted by Crippen LogP contribution is -2.24. The first-order valence-corrected chi connectivity index (χ1v) is 9.77. The lowest BCUT2D eigenvalue weighted by molar-refractivity contribution is 0.0951. The highest BCUT2D eigenvalue weighted by molar-refractivity contribution is 7.18. The Balaban J connectivity index is 1.70. The highest BCUT2D eigenvalue weighted by Crippen LogP contribution is 2.33. The Morgan fingerprint density at radius 1 is 1.15 bits per heavy atom. The van der Waals surface area contributed by atoms with Crippen LogP contribution in [-0.2, 0) is 6.54 Å². The summed E-state index contributed by atoms with van der Waals surface area (Å²) in [5.41, 5.74) is 2.89. The van der Waals surface area contributed by atoms with Crippen molar-refractivity contribution in [1.82, 2.24) is 15.3 Å². The first-order valence-electron chi connectivity index (χ1n) is 8.96. The quantitative estimate of drug-likeness (QED) is 0.544. The van der Waals surface area contributed by atoms with E-state index in [0.717, 1.165) is 27.4 Å². The zero-order valence-corrected chi connectivity index (χ0v) is 16.6. The molecule has 1 aromatic carbocycles. The van der Waals surface area contributed by atoms with Gasteiger partial charge in [-0.2, -0.15) is 0 Å². The average molecular weight is 385 g/mol. The monoisotopic (exact) mass is 384 g/mol. The van der Waals surface area contributed by atoms with Crippen molar-refractivity contribution in [1.29, 1.82) is 0 Å². The van der Waals surface area contributed by atoms with E-state index >= 15 is 0 Å². The summed E-state index contributed by atoms with van der Waals surface area (Å²) in [5, 5.41) is 16.1. The maximum Gasteiger partial charge on any atom is 0.251 e. The van der Waals surface area contributed by atoms with Crippen LogP contribution in [0.15, 0.2) is 24.3 Å². The van der Waals surface area contributed by atoms with Crippen LogP contribution in [-0.4, -0.2) is 34.1 Å². The Hall–Kier alpha value is -2.51. The normalized spacial score (nSPS) is 11.0. The van der Waals surface area contributed by atoms with Crippen LogP contribution >= 0.6 is 11.3 Å². The Labute approximate surface area is 162 Å². The molecule has 0 aliphatic heterocycles. The van der Waals surface area contributed by atoms with E-state index in [1.807, 2.05) is 31.2 Å². The van der Waals surface area contributed by atoms with E-state index in [4.69, 9.17) is 5.11 Å². The standard InChI is InChI=1S/C20H24N4O2S/c1-12-13(2)27-20-17(12)18(23-14(3)24-20)22-11-15-5-7-16(8-6-15)19(26)21-9-4-10-25/h5-8,25H,4,9-11H2,1-3H3,(H,21,26)(H,22,23,24). The summed E-state index contributed by atoms with van der Waals surface area (Å²) < 4.78 is 0. The van der Waals surface area contributed by atoms with Gasteiger partial charge in [-0.25, -0.2) is 9.97 Å². The second-order valence-corrected chi connectivity index (χ2v) is 7.67. The van der Waals surface area contributed by atoms with Gasteiger partial charge in [0, 0.05) is 30.1 Å². The Morgan fingerprint density at radius 3 is 2.59 bits per heavy atom. The summed E-state index contributed by atoms with van der Waals surface area (Å²) in [4.78, 5) is 23.4. The molecule has 0 atom stereocenters. The van der Waals surface area contributed by atoms with Gasteiger partial charge in [-0.3, -0.25) is 4.79 Å². The first-order chi connectivity index (χ1) is 13.0. The molecule has 3 N–H and O–H groups in total. The van der Waals surface area contributed by atoms with Gasteiger partial charge in [-0.05, 0) is 50.5 Å². The van der Waals surface area contributed by atoms with E-state index in [1.165, 1.54) is 10.4 Å². The largest absolute Gasteiger partial charge is 0.396 e. The lowest BCUT2D eigenvalue weighted by Gasteiger charge is -2.10. The minimum Gasteiger partial charge on any atom is -0.396 e. The number of carbonyl (C=O) groups excluding carboxylic acids is 1. The smallest absolute Gasteiger partial charge is 0.251 e. The highest BCUT2D eigenvalue weighted by Gasteiger charge is 2.13. The van der Waals surface area contributed by atoms with Gasteiger partial charge in [-0.15, -0.1) is 11.3 Å². The van der Waals surface area contributed by atoms with Crippen molar-refractivity contribution >= 4 is 33.3 Å². The minimum atomic E-state index is -0.125. The molecule has 0 saturated carbocycles. The van der Waals surface area contributed by atoms with Crippen molar-refractivity contribution in [3.63, 3.8) is 0 Å². The average Bonchev–Trinajstić information content (AvgIpc) is 2.94. The summed E-state index contributed by atoms with van der Waals surface area (Å²) in [6, 6.07) is 7.49. The number of hydrogen-bond acceptors (Lipinski definition) is 6. The van der Waals surface area contributed by atoms with Gasteiger partial charge in [-0.1, -0.05) is 12.1 Å². The van der Waals surface area contributed by atoms with Gasteiger partial charge in [0.25, 0.3) is 5.91 Å². The molecule has 3 rings (SSSR count). The van der Waals surface area contributed by atoms with Crippen LogP contribution < -0.4 is 10.6 Å². The number of aliphatic hydroxyl groups is 1. The summed E-state index contributed by atoms with van der Waals surface area (Å²) in [5.74, 6) is 1.48. The zero-order valence-electron chi connectivity index (χ0n) is 15.8. The SMILES string of the molecule is Cc1nc(NCc2ccc(C(=O)NCCCO)cc2)c2c(C)c(C)sc2n1. The van der Waals surface area contributed by atoms with Crippen LogP contribution in [0.25, 0.3) is 10.2 Å². The van der Waals surface area contributed by atoms with Gasteiger partial charge in [0.05, 0.1) is 5.39 Å². The number of aliphatic hydroxyl groups excluding tert-OH is 1. The molecule has 142 valence electrons. The topological polar surface area (TPSA) is 87.1 Å². The third-order valence-corrected chi connectivity index (χ3v) is 5.54. The van der Waals surface area contributed by atoms with E-state index in [0.29, 0.717) is 25.1 Å². The summed E-state index contributed by atoms with van der Waals surface area (Å²) in [6.45, 7) is 7.27. The summed E-state index contributed by atoms with van der Waals surface area (Å²) in [6.07, 6.45) is 0.558. The number of aromatic nitrogens is 2. The van der Waals surface area contributed by atoms with Crippen molar-refractivity contribution in [2.45, 2.75) is 33.7 Å². The van der Waals surface area contributed by atoms with Crippen molar-refractivity contribution in [2.24, 2.45) is 0 Å². The molecular formula is C20H24N4O2S. The number of hydrogen-bond donors (Lipinski definition) is 3. The van der Waals surface area contributed by atoms with Crippen LogP contribution in [0.3, 0.4) is 0 Å². The van der Waals surface area contributed by atoms with E-state index in [1.54, 1.807) is 11.3 Å². The number of carbonyl (C=O) groups is 1. The molecule has 0 aliphatic carbocycles. The van der Waals surface area contributed by atoms with Gasteiger partial charge < -0.3 is 15.7 Å². The minimum absolute atomic E-state index is 0.0732. The van der Waals surface area contributed by atoms with Gasteiger partial charge in [0.1, 0.15) is 16.5 Å². The number of anilines is 1. The fourth-order valence-corrected chi connectivity index (χ4v) is 3.90. The van der Waals surface area contributed by atoms with Crippen molar-refractivity contribution in [3.05, 3.63) is 51.7 Å². The van der Waals surface area contributed by atoms with Crippen molar-refractivity contribution in [2.75, 3.05) is 18.5 Å². The lowest BCUT2D eigenvalue weighted by atomic mass is 10.1. The van der Waals surface area contributed by atoms with Crippen LogP contribution in [0, 0.1) is 20.8 Å². The number of aryl methyl sites for hydroxylation is 3.